The maximum atomic E-state index is 11.9. The SMILES string of the molecule is CN1Cc2ccccc2CC(NC(=O)O)C1=O. The minimum atomic E-state index is -1.17. The zero-order valence-electron chi connectivity index (χ0n) is 9.51. The van der Waals surface area contributed by atoms with Crippen LogP contribution in [0.3, 0.4) is 0 Å². The Morgan fingerprint density at radius 2 is 2.06 bits per heavy atom. The third-order valence-electron chi connectivity index (χ3n) is 2.92. The van der Waals surface area contributed by atoms with Gasteiger partial charge in [-0.1, -0.05) is 24.3 Å². The lowest BCUT2D eigenvalue weighted by Gasteiger charge is -2.19. The number of rotatable bonds is 1. The van der Waals surface area contributed by atoms with Crippen LogP contribution in [0.4, 0.5) is 4.79 Å². The van der Waals surface area contributed by atoms with Gasteiger partial charge in [-0.3, -0.25) is 4.79 Å². The van der Waals surface area contributed by atoms with Crippen LogP contribution < -0.4 is 5.32 Å². The lowest BCUT2D eigenvalue weighted by atomic mass is 10.0. The summed E-state index contributed by atoms with van der Waals surface area (Å²) in [5.74, 6) is -0.191. The fraction of sp³-hybridized carbons (Fsp3) is 0.333. The standard InChI is InChI=1S/C12H14N2O3/c1-14-7-9-5-3-2-4-8(9)6-10(11(14)15)13-12(16)17/h2-5,10,13H,6-7H2,1H3,(H,16,17). The van der Waals surface area contributed by atoms with Crippen molar-refractivity contribution in [2.24, 2.45) is 0 Å². The van der Waals surface area contributed by atoms with Crippen molar-refractivity contribution in [3.8, 4) is 0 Å². The second kappa shape index (κ2) is 4.45. The number of benzene rings is 1. The second-order valence-electron chi connectivity index (χ2n) is 4.17. The predicted octanol–water partition coefficient (Wildman–Crippen LogP) is 0.837. The summed E-state index contributed by atoms with van der Waals surface area (Å²) in [7, 11) is 1.68. The Hall–Kier alpha value is -2.04. The molecule has 90 valence electrons. The number of hydrogen-bond acceptors (Lipinski definition) is 2. The number of carbonyl (C=O) groups is 2. The number of nitrogens with one attached hydrogen (secondary N) is 1. The van der Waals surface area contributed by atoms with Crippen LogP contribution >= 0.6 is 0 Å². The highest BCUT2D eigenvalue weighted by Crippen LogP contribution is 2.18. The van der Waals surface area contributed by atoms with Crippen LogP contribution in [0.1, 0.15) is 11.1 Å². The van der Waals surface area contributed by atoms with Crippen molar-refractivity contribution in [3.05, 3.63) is 35.4 Å². The second-order valence-corrected chi connectivity index (χ2v) is 4.17. The molecule has 1 aromatic rings. The third kappa shape index (κ3) is 2.38. The van der Waals surface area contributed by atoms with Gasteiger partial charge in [-0.25, -0.2) is 4.79 Å². The molecule has 1 heterocycles. The van der Waals surface area contributed by atoms with Crippen LogP contribution in [0, 0.1) is 0 Å². The van der Waals surface area contributed by atoms with E-state index in [0.717, 1.165) is 11.1 Å². The van der Waals surface area contributed by atoms with Crippen LogP contribution in [0.5, 0.6) is 0 Å². The van der Waals surface area contributed by atoms with Crippen molar-refractivity contribution in [1.29, 1.82) is 0 Å². The van der Waals surface area contributed by atoms with Crippen molar-refractivity contribution in [2.45, 2.75) is 19.0 Å². The van der Waals surface area contributed by atoms with Gasteiger partial charge in [0.15, 0.2) is 0 Å². The van der Waals surface area contributed by atoms with Crippen LogP contribution in [0.2, 0.25) is 0 Å². The molecule has 1 aliphatic heterocycles. The van der Waals surface area contributed by atoms with E-state index in [2.05, 4.69) is 5.32 Å². The van der Waals surface area contributed by atoms with E-state index >= 15 is 0 Å². The van der Waals surface area contributed by atoms with Gasteiger partial charge >= 0.3 is 6.09 Å². The average Bonchev–Trinajstić information content (AvgIpc) is 2.38. The molecule has 0 saturated heterocycles. The smallest absolute Gasteiger partial charge is 0.405 e. The molecule has 17 heavy (non-hydrogen) atoms. The molecular formula is C12H14N2O3. The molecule has 1 aromatic carbocycles. The summed E-state index contributed by atoms with van der Waals surface area (Å²) < 4.78 is 0. The molecule has 2 rings (SSSR count). The number of carboxylic acid groups (broad SMARTS) is 1. The van der Waals surface area contributed by atoms with Gasteiger partial charge in [-0.2, -0.15) is 0 Å². The molecule has 2 N–H and O–H groups in total. The first kappa shape index (κ1) is 11.4. The Balaban J connectivity index is 2.31. The Bertz CT molecular complexity index is 459. The molecule has 0 fully saturated rings. The van der Waals surface area contributed by atoms with Gasteiger partial charge in [-0.05, 0) is 11.1 Å². The molecule has 0 radical (unpaired) electrons. The third-order valence-corrected chi connectivity index (χ3v) is 2.92. The molecule has 0 bridgehead atoms. The van der Waals surface area contributed by atoms with E-state index in [1.165, 1.54) is 0 Å². The molecule has 0 aliphatic carbocycles. The van der Waals surface area contributed by atoms with Crippen LogP contribution in [0.15, 0.2) is 24.3 Å². The van der Waals surface area contributed by atoms with Gasteiger partial charge < -0.3 is 15.3 Å². The van der Waals surface area contributed by atoms with E-state index in [1.807, 2.05) is 24.3 Å². The summed E-state index contributed by atoms with van der Waals surface area (Å²) in [4.78, 5) is 24.2. The van der Waals surface area contributed by atoms with Gasteiger partial charge in [0, 0.05) is 20.0 Å². The molecule has 1 aliphatic rings. The lowest BCUT2D eigenvalue weighted by Crippen LogP contribution is -2.46. The van der Waals surface area contributed by atoms with Gasteiger partial charge in [0.1, 0.15) is 6.04 Å². The minimum absolute atomic E-state index is 0.191. The number of amides is 2. The monoisotopic (exact) mass is 234 g/mol. The molecule has 0 saturated carbocycles. The highest BCUT2D eigenvalue weighted by molar-refractivity contribution is 5.86. The Labute approximate surface area is 99.0 Å². The lowest BCUT2D eigenvalue weighted by molar-refractivity contribution is -0.132. The molecule has 0 aromatic heterocycles. The summed E-state index contributed by atoms with van der Waals surface area (Å²) in [5, 5.41) is 11.0. The van der Waals surface area contributed by atoms with Crippen molar-refractivity contribution in [3.63, 3.8) is 0 Å². The van der Waals surface area contributed by atoms with Crippen molar-refractivity contribution in [1.82, 2.24) is 10.2 Å². The summed E-state index contributed by atoms with van der Waals surface area (Å²) in [6.07, 6.45) is -0.762. The highest BCUT2D eigenvalue weighted by Gasteiger charge is 2.28. The predicted molar refractivity (Wildman–Crippen MR) is 61.6 cm³/mol. The summed E-state index contributed by atoms with van der Waals surface area (Å²) in [6, 6.07) is 7.01. The van der Waals surface area contributed by atoms with Crippen molar-refractivity contribution < 1.29 is 14.7 Å². The zero-order valence-corrected chi connectivity index (χ0v) is 9.51. The fourth-order valence-electron chi connectivity index (χ4n) is 2.08. The highest BCUT2D eigenvalue weighted by atomic mass is 16.4. The zero-order chi connectivity index (χ0) is 12.4. The van der Waals surface area contributed by atoms with Crippen molar-refractivity contribution in [2.75, 3.05) is 7.05 Å². The number of hydrogen-bond donors (Lipinski definition) is 2. The van der Waals surface area contributed by atoms with E-state index in [-0.39, 0.29) is 5.91 Å². The number of likely N-dealkylation sites (N-methyl/N-ethyl adjacent to an activating group) is 1. The molecule has 5 nitrogen and oxygen atoms in total. The Morgan fingerprint density at radius 1 is 1.41 bits per heavy atom. The fourth-order valence-corrected chi connectivity index (χ4v) is 2.08. The minimum Gasteiger partial charge on any atom is -0.465 e. The molecular weight excluding hydrogens is 220 g/mol. The normalized spacial score (nSPS) is 19.5. The van der Waals surface area contributed by atoms with E-state index in [9.17, 15) is 9.59 Å². The topological polar surface area (TPSA) is 69.6 Å². The average molecular weight is 234 g/mol. The Morgan fingerprint density at radius 3 is 2.71 bits per heavy atom. The van der Waals surface area contributed by atoms with Gasteiger partial charge in [0.05, 0.1) is 0 Å². The van der Waals surface area contributed by atoms with E-state index in [4.69, 9.17) is 5.11 Å². The van der Waals surface area contributed by atoms with Crippen molar-refractivity contribution >= 4 is 12.0 Å². The molecule has 5 heteroatoms. The van der Waals surface area contributed by atoms with E-state index < -0.39 is 12.1 Å². The van der Waals surface area contributed by atoms with Gasteiger partial charge in [0.25, 0.3) is 0 Å². The van der Waals surface area contributed by atoms with Crippen LogP contribution in [0.25, 0.3) is 0 Å². The number of carbonyl (C=O) groups excluding carboxylic acids is 1. The molecule has 1 atom stereocenters. The van der Waals surface area contributed by atoms with Crippen LogP contribution in [-0.4, -0.2) is 35.1 Å². The summed E-state index contributed by atoms with van der Waals surface area (Å²) in [5.41, 5.74) is 2.09. The van der Waals surface area contributed by atoms with E-state index in [1.54, 1.807) is 11.9 Å². The number of nitrogens with zero attached hydrogens (tertiary/aromatic N) is 1. The van der Waals surface area contributed by atoms with Gasteiger partial charge in [-0.15, -0.1) is 0 Å². The largest absolute Gasteiger partial charge is 0.465 e. The van der Waals surface area contributed by atoms with E-state index in [0.29, 0.717) is 13.0 Å². The molecule has 2 amide bonds. The maximum Gasteiger partial charge on any atom is 0.405 e. The first-order chi connectivity index (χ1) is 8.08. The Kier molecular flexibility index (Phi) is 2.99. The summed E-state index contributed by atoms with van der Waals surface area (Å²) in [6.45, 7) is 0.521. The maximum absolute atomic E-state index is 11.9. The van der Waals surface area contributed by atoms with Crippen LogP contribution in [-0.2, 0) is 17.8 Å². The number of fused-ring (bicyclic) bond motifs is 1. The summed E-state index contributed by atoms with van der Waals surface area (Å²) >= 11 is 0. The first-order valence-corrected chi connectivity index (χ1v) is 5.39. The first-order valence-electron chi connectivity index (χ1n) is 5.39. The molecule has 0 spiro atoms. The van der Waals surface area contributed by atoms with Gasteiger partial charge in [0.2, 0.25) is 5.91 Å². The molecule has 1 unspecified atom stereocenters. The quantitative estimate of drug-likeness (QED) is 0.756.